The van der Waals surface area contributed by atoms with Crippen molar-refractivity contribution in [3.8, 4) is 45.8 Å². The van der Waals surface area contributed by atoms with Crippen molar-refractivity contribution < 1.29 is 0 Å². The Labute approximate surface area is 355 Å². The minimum Gasteiger partial charge on any atom is -0.309 e. The van der Waals surface area contributed by atoms with E-state index >= 15 is 0 Å². The fourth-order valence-electron chi connectivity index (χ4n) is 9.61. The maximum atomic E-state index is 5.34. The largest absolute Gasteiger partial charge is 0.309 e. The highest BCUT2D eigenvalue weighted by Gasteiger charge is 2.29. The molecule has 0 bridgehead atoms. The van der Waals surface area contributed by atoms with E-state index in [1.165, 1.54) is 16.3 Å². The lowest BCUT2D eigenvalue weighted by atomic mass is 10.1. The molecule has 7 heteroatoms. The molecule has 8 aromatic carbocycles. The van der Waals surface area contributed by atoms with Crippen molar-refractivity contribution in [2.75, 3.05) is 0 Å². The van der Waals surface area contributed by atoms with Crippen molar-refractivity contribution in [1.82, 2.24) is 33.2 Å². The van der Waals surface area contributed by atoms with Crippen LogP contribution in [-0.2, 0) is 0 Å². The molecule has 5 aromatic heterocycles. The molecule has 0 aliphatic heterocycles. The average molecular weight is 794 g/mol. The number of aromatic nitrogens is 7. The summed E-state index contributed by atoms with van der Waals surface area (Å²) in [6, 6.07) is 74.8. The molecule has 5 heterocycles. The molecule has 0 N–H and O–H groups in total. The van der Waals surface area contributed by atoms with Gasteiger partial charge < -0.3 is 13.7 Å². The number of para-hydroxylation sites is 5. The van der Waals surface area contributed by atoms with Crippen LogP contribution in [0.15, 0.2) is 212 Å². The van der Waals surface area contributed by atoms with Gasteiger partial charge in [0.2, 0.25) is 5.95 Å². The van der Waals surface area contributed by atoms with Gasteiger partial charge in [-0.05, 0) is 60.7 Å². The smallest absolute Gasteiger partial charge is 0.238 e. The van der Waals surface area contributed by atoms with Crippen LogP contribution in [0.3, 0.4) is 0 Å². The standard InChI is InChI=1S/C55H35N7/c1-5-19-36(20-6-1)53-56-54(37-21-7-2-8-22-37)58-55(57-53)62-47-32-18-15-29-43(47)50-52(62)51-49(42-28-14-17-31-46(42)60(51)39-25-11-4-12-26-39)61(50)40-33-34-48-44(35-40)41-27-13-16-30-45(41)59(48)38-23-9-3-10-24-38/h1-35H. The van der Waals surface area contributed by atoms with Crippen molar-refractivity contribution in [3.05, 3.63) is 212 Å². The SMILES string of the molecule is c1ccc(-c2nc(-c3ccccc3)nc(-n3c4ccccc4c4c3c3c(c5ccccc5n3-c3ccccc3)n4-c3ccc4c(c3)c3ccccc3n4-c3ccccc3)n2)cc1. The molecule has 0 amide bonds. The summed E-state index contributed by atoms with van der Waals surface area (Å²) in [5, 5.41) is 4.63. The van der Waals surface area contributed by atoms with E-state index < -0.39 is 0 Å². The van der Waals surface area contributed by atoms with Crippen LogP contribution in [0.1, 0.15) is 0 Å². The third-order valence-corrected chi connectivity index (χ3v) is 12.2. The second kappa shape index (κ2) is 13.5. The van der Waals surface area contributed by atoms with Crippen LogP contribution in [0.2, 0.25) is 0 Å². The fourth-order valence-corrected chi connectivity index (χ4v) is 9.61. The van der Waals surface area contributed by atoms with Crippen molar-refractivity contribution in [1.29, 1.82) is 0 Å². The third-order valence-electron chi connectivity index (χ3n) is 12.2. The van der Waals surface area contributed by atoms with E-state index in [-0.39, 0.29) is 0 Å². The van der Waals surface area contributed by atoms with Crippen LogP contribution in [0.5, 0.6) is 0 Å². The van der Waals surface area contributed by atoms with E-state index in [4.69, 9.17) is 15.0 Å². The van der Waals surface area contributed by atoms with E-state index in [1.54, 1.807) is 0 Å². The summed E-state index contributed by atoms with van der Waals surface area (Å²) in [7, 11) is 0. The lowest BCUT2D eigenvalue weighted by Gasteiger charge is -2.12. The Morgan fingerprint density at radius 1 is 0.258 bits per heavy atom. The number of hydrogen-bond acceptors (Lipinski definition) is 3. The normalized spacial score (nSPS) is 11.9. The van der Waals surface area contributed by atoms with Crippen LogP contribution in [0, 0.1) is 0 Å². The number of hydrogen-bond donors (Lipinski definition) is 0. The number of nitrogens with zero attached hydrogens (tertiary/aromatic N) is 7. The lowest BCUT2D eigenvalue weighted by Crippen LogP contribution is -2.06. The highest BCUT2D eigenvalue weighted by Crippen LogP contribution is 2.46. The van der Waals surface area contributed by atoms with Crippen molar-refractivity contribution in [2.24, 2.45) is 0 Å². The Morgan fingerprint density at radius 2 is 0.677 bits per heavy atom. The molecule has 62 heavy (non-hydrogen) atoms. The van der Waals surface area contributed by atoms with E-state index in [2.05, 4.69) is 194 Å². The molecule has 290 valence electrons. The molecule has 0 aliphatic rings. The summed E-state index contributed by atoms with van der Waals surface area (Å²) >= 11 is 0. The summed E-state index contributed by atoms with van der Waals surface area (Å²) in [6.45, 7) is 0. The number of rotatable bonds is 6. The van der Waals surface area contributed by atoms with Gasteiger partial charge in [0, 0.05) is 49.7 Å². The van der Waals surface area contributed by atoms with Crippen molar-refractivity contribution in [3.63, 3.8) is 0 Å². The topological polar surface area (TPSA) is 58.4 Å². The Bertz CT molecular complexity index is 3780. The predicted molar refractivity (Wildman–Crippen MR) is 253 cm³/mol. The monoisotopic (exact) mass is 793 g/mol. The van der Waals surface area contributed by atoms with Crippen LogP contribution in [0.25, 0.3) is 111 Å². The van der Waals surface area contributed by atoms with Crippen LogP contribution >= 0.6 is 0 Å². The first-order valence-corrected chi connectivity index (χ1v) is 20.9. The second-order valence-electron chi connectivity index (χ2n) is 15.7. The van der Waals surface area contributed by atoms with Gasteiger partial charge in [-0.25, -0.2) is 4.98 Å². The first-order chi connectivity index (χ1) is 30.8. The zero-order chi connectivity index (χ0) is 40.7. The van der Waals surface area contributed by atoms with Crippen molar-refractivity contribution in [2.45, 2.75) is 0 Å². The molecule has 0 saturated heterocycles. The molecule has 13 aromatic rings. The van der Waals surface area contributed by atoms with Gasteiger partial charge >= 0.3 is 0 Å². The molecule has 13 rings (SSSR count). The first kappa shape index (κ1) is 34.3. The number of benzene rings is 8. The maximum absolute atomic E-state index is 5.34. The third kappa shape index (κ3) is 5.02. The molecular weight excluding hydrogens is 759 g/mol. The van der Waals surface area contributed by atoms with Crippen LogP contribution in [-0.4, -0.2) is 33.2 Å². The zero-order valence-corrected chi connectivity index (χ0v) is 33.3. The van der Waals surface area contributed by atoms with Gasteiger partial charge in [0.25, 0.3) is 0 Å². The average Bonchev–Trinajstić information content (AvgIpc) is 4.07. The highest BCUT2D eigenvalue weighted by molar-refractivity contribution is 6.25. The Morgan fingerprint density at radius 3 is 1.24 bits per heavy atom. The molecule has 0 saturated carbocycles. The Hall–Kier alpha value is -8.55. The summed E-state index contributed by atoms with van der Waals surface area (Å²) in [6.07, 6.45) is 0. The van der Waals surface area contributed by atoms with Gasteiger partial charge in [-0.15, -0.1) is 0 Å². The van der Waals surface area contributed by atoms with Gasteiger partial charge in [0.15, 0.2) is 11.6 Å². The van der Waals surface area contributed by atoms with Gasteiger partial charge in [-0.2, -0.15) is 9.97 Å². The lowest BCUT2D eigenvalue weighted by molar-refractivity contribution is 0.953. The quantitative estimate of drug-likeness (QED) is 0.168. The second-order valence-corrected chi connectivity index (χ2v) is 15.7. The highest BCUT2D eigenvalue weighted by atomic mass is 15.2. The Balaban J connectivity index is 1.21. The minimum atomic E-state index is 0.550. The van der Waals surface area contributed by atoms with E-state index in [0.717, 1.165) is 77.6 Å². The van der Waals surface area contributed by atoms with Gasteiger partial charge in [0.05, 0.1) is 38.6 Å². The summed E-state index contributed by atoms with van der Waals surface area (Å²) in [4.78, 5) is 15.8. The molecule has 0 atom stereocenters. The van der Waals surface area contributed by atoms with Gasteiger partial charge in [-0.3, -0.25) is 4.57 Å². The first-order valence-electron chi connectivity index (χ1n) is 20.9. The van der Waals surface area contributed by atoms with Gasteiger partial charge in [0.1, 0.15) is 5.52 Å². The minimum absolute atomic E-state index is 0.550. The zero-order valence-electron chi connectivity index (χ0n) is 33.3. The number of fused-ring (bicyclic) bond motifs is 10. The van der Waals surface area contributed by atoms with E-state index in [1.807, 2.05) is 36.4 Å². The molecule has 0 fully saturated rings. The molecule has 7 nitrogen and oxygen atoms in total. The van der Waals surface area contributed by atoms with E-state index in [9.17, 15) is 0 Å². The van der Waals surface area contributed by atoms with Crippen molar-refractivity contribution >= 4 is 65.7 Å². The predicted octanol–water partition coefficient (Wildman–Crippen LogP) is 13.3. The molecular formula is C55H35N7. The molecule has 0 unspecified atom stereocenters. The fraction of sp³-hybridized carbons (Fsp3) is 0. The van der Waals surface area contributed by atoms with Crippen LogP contribution < -0.4 is 0 Å². The van der Waals surface area contributed by atoms with Gasteiger partial charge in [-0.1, -0.05) is 152 Å². The maximum Gasteiger partial charge on any atom is 0.238 e. The van der Waals surface area contributed by atoms with Crippen LogP contribution in [0.4, 0.5) is 0 Å². The summed E-state index contributed by atoms with van der Waals surface area (Å²) in [5.74, 6) is 1.77. The van der Waals surface area contributed by atoms with E-state index in [0.29, 0.717) is 17.6 Å². The summed E-state index contributed by atoms with van der Waals surface area (Å²) in [5.41, 5.74) is 13.8. The Kier molecular flexibility index (Phi) is 7.47. The molecule has 0 spiro atoms. The molecule has 0 aliphatic carbocycles. The summed E-state index contributed by atoms with van der Waals surface area (Å²) < 4.78 is 9.53. The molecule has 0 radical (unpaired) electrons.